The molecule has 7 nitrogen and oxygen atoms in total. The van der Waals surface area contributed by atoms with Gasteiger partial charge >= 0.3 is 11.9 Å². The van der Waals surface area contributed by atoms with Gasteiger partial charge < -0.3 is 9.94 Å². The van der Waals surface area contributed by atoms with E-state index < -0.39 is 36.6 Å². The Bertz CT molecular complexity index is 544. The maximum absolute atomic E-state index is 11.8. The maximum atomic E-state index is 11.8. The molecule has 0 radical (unpaired) electrons. The summed E-state index contributed by atoms with van der Waals surface area (Å²) in [5.74, 6) is -3.58. The Balaban J connectivity index is 2.08. The topological polar surface area (TPSA) is 101 Å². The molecule has 0 bridgehead atoms. The van der Waals surface area contributed by atoms with E-state index in [1.807, 2.05) is 0 Å². The van der Waals surface area contributed by atoms with Crippen molar-refractivity contribution in [3.8, 4) is 0 Å². The fraction of sp³-hybridized carbons (Fsp3) is 0.167. The number of rotatable bonds is 4. The van der Waals surface area contributed by atoms with Crippen molar-refractivity contribution in [3.05, 3.63) is 35.4 Å². The fourth-order valence-electron chi connectivity index (χ4n) is 1.61. The van der Waals surface area contributed by atoms with Crippen molar-refractivity contribution in [2.24, 2.45) is 0 Å². The Kier molecular flexibility index (Phi) is 3.28. The number of benzene rings is 1. The van der Waals surface area contributed by atoms with E-state index in [2.05, 4.69) is 4.84 Å². The Morgan fingerprint density at radius 3 is 2.05 bits per heavy atom. The number of fused-ring (bicyclic) bond motifs is 1. The van der Waals surface area contributed by atoms with Gasteiger partial charge in [-0.25, -0.2) is 4.79 Å². The minimum absolute atomic E-state index is 0.151. The summed E-state index contributed by atoms with van der Waals surface area (Å²) in [6, 6.07) is 6.06. The van der Waals surface area contributed by atoms with Gasteiger partial charge in [0, 0.05) is 0 Å². The molecule has 2 rings (SSSR count). The lowest BCUT2D eigenvalue weighted by Gasteiger charge is -2.11. The molecule has 1 aliphatic rings. The van der Waals surface area contributed by atoms with E-state index in [1.54, 1.807) is 12.1 Å². The van der Waals surface area contributed by atoms with Gasteiger partial charge in [-0.05, 0) is 12.1 Å². The Morgan fingerprint density at radius 2 is 1.58 bits per heavy atom. The second kappa shape index (κ2) is 4.89. The molecule has 2 amide bonds. The third-order valence-corrected chi connectivity index (χ3v) is 2.49. The molecule has 98 valence electrons. The molecule has 0 atom stereocenters. The molecule has 1 aliphatic heterocycles. The van der Waals surface area contributed by atoms with E-state index in [0.717, 1.165) is 0 Å². The van der Waals surface area contributed by atoms with E-state index >= 15 is 0 Å². The number of imide groups is 1. The summed E-state index contributed by atoms with van der Waals surface area (Å²) >= 11 is 0. The third-order valence-electron chi connectivity index (χ3n) is 2.49. The second-order valence-electron chi connectivity index (χ2n) is 3.81. The van der Waals surface area contributed by atoms with Gasteiger partial charge in [-0.1, -0.05) is 17.2 Å². The highest BCUT2D eigenvalue weighted by Gasteiger charge is 2.38. The first kappa shape index (κ1) is 12.7. The summed E-state index contributed by atoms with van der Waals surface area (Å²) in [5.41, 5.74) is 0.303. The van der Waals surface area contributed by atoms with Crippen LogP contribution < -0.4 is 0 Å². The summed E-state index contributed by atoms with van der Waals surface area (Å²) < 4.78 is 0. The first-order valence-electron chi connectivity index (χ1n) is 5.41. The number of carboxylic acids is 1. The monoisotopic (exact) mass is 263 g/mol. The number of nitrogens with zero attached hydrogens (tertiary/aromatic N) is 1. The number of carbonyl (C=O) groups excluding carboxylic acids is 3. The lowest BCUT2D eigenvalue weighted by Crippen LogP contribution is -2.32. The smallest absolute Gasteiger partial charge is 0.333 e. The summed E-state index contributed by atoms with van der Waals surface area (Å²) in [5, 5.41) is 8.77. The molecule has 1 aromatic carbocycles. The first-order valence-corrected chi connectivity index (χ1v) is 5.41. The van der Waals surface area contributed by atoms with Crippen molar-refractivity contribution >= 4 is 23.8 Å². The third kappa shape index (κ3) is 2.44. The normalized spacial score (nSPS) is 13.4. The van der Waals surface area contributed by atoms with Gasteiger partial charge in [-0.2, -0.15) is 0 Å². The standard InChI is InChI=1S/C12H9NO6/c14-9(15)5-6-10(16)19-13-11(17)7-3-1-2-4-8(7)12(13)18/h1-4H,5-6H2,(H,14,15). The fourth-order valence-corrected chi connectivity index (χ4v) is 1.61. The summed E-state index contributed by atoms with van der Waals surface area (Å²) in [6.45, 7) is 0. The van der Waals surface area contributed by atoms with Crippen LogP contribution in [0.25, 0.3) is 0 Å². The quantitative estimate of drug-likeness (QED) is 0.798. The van der Waals surface area contributed by atoms with Gasteiger partial charge in [-0.15, -0.1) is 0 Å². The molecule has 7 heteroatoms. The number of aliphatic carboxylic acids is 1. The molecule has 19 heavy (non-hydrogen) atoms. The highest BCUT2D eigenvalue weighted by molar-refractivity contribution is 6.20. The van der Waals surface area contributed by atoms with Crippen LogP contribution in [0.15, 0.2) is 24.3 Å². The van der Waals surface area contributed by atoms with Crippen LogP contribution in [-0.4, -0.2) is 33.9 Å². The number of hydrogen-bond donors (Lipinski definition) is 1. The van der Waals surface area contributed by atoms with E-state index in [0.29, 0.717) is 5.06 Å². The van der Waals surface area contributed by atoms with Crippen molar-refractivity contribution in [2.45, 2.75) is 12.8 Å². The molecule has 1 heterocycles. The van der Waals surface area contributed by atoms with E-state index in [4.69, 9.17) is 5.11 Å². The summed E-state index contributed by atoms with van der Waals surface area (Å²) in [7, 11) is 0. The van der Waals surface area contributed by atoms with Crippen LogP contribution in [0.1, 0.15) is 33.6 Å². The first-order chi connectivity index (χ1) is 9.00. The zero-order valence-corrected chi connectivity index (χ0v) is 9.66. The zero-order valence-electron chi connectivity index (χ0n) is 9.66. The lowest BCUT2D eigenvalue weighted by atomic mass is 10.1. The van der Waals surface area contributed by atoms with Crippen LogP contribution in [0, 0.1) is 0 Å². The van der Waals surface area contributed by atoms with Gasteiger partial charge in [0.05, 0.1) is 24.0 Å². The van der Waals surface area contributed by atoms with Crippen LogP contribution in [0.2, 0.25) is 0 Å². The maximum Gasteiger partial charge on any atom is 0.333 e. The number of carbonyl (C=O) groups is 4. The molecular formula is C12H9NO6. The SMILES string of the molecule is O=C(O)CCC(=O)ON1C(=O)c2ccccc2C1=O. The van der Waals surface area contributed by atoms with Gasteiger partial charge in [0.1, 0.15) is 0 Å². The molecule has 0 saturated heterocycles. The highest BCUT2D eigenvalue weighted by Crippen LogP contribution is 2.22. The van der Waals surface area contributed by atoms with Gasteiger partial charge in [0.25, 0.3) is 11.8 Å². The Labute approximate surface area is 107 Å². The van der Waals surface area contributed by atoms with Crippen molar-refractivity contribution in [1.29, 1.82) is 0 Å². The molecule has 0 spiro atoms. The number of amides is 2. The van der Waals surface area contributed by atoms with Crippen LogP contribution >= 0.6 is 0 Å². The van der Waals surface area contributed by atoms with Crippen molar-refractivity contribution in [3.63, 3.8) is 0 Å². The molecule has 1 N–H and O–H groups in total. The van der Waals surface area contributed by atoms with E-state index in [9.17, 15) is 19.2 Å². The molecule has 0 unspecified atom stereocenters. The molecule has 0 saturated carbocycles. The minimum Gasteiger partial charge on any atom is -0.481 e. The molecule has 0 fully saturated rings. The predicted octanol–water partition coefficient (Wildman–Crippen LogP) is 0.606. The predicted molar refractivity (Wildman–Crippen MR) is 59.9 cm³/mol. The highest BCUT2D eigenvalue weighted by atomic mass is 16.7. The van der Waals surface area contributed by atoms with Gasteiger partial charge in [0.15, 0.2) is 0 Å². The zero-order chi connectivity index (χ0) is 14.0. The van der Waals surface area contributed by atoms with Gasteiger partial charge in [0.2, 0.25) is 0 Å². The van der Waals surface area contributed by atoms with Crippen LogP contribution in [-0.2, 0) is 14.4 Å². The Hall–Kier alpha value is -2.70. The molecular weight excluding hydrogens is 254 g/mol. The van der Waals surface area contributed by atoms with E-state index in [-0.39, 0.29) is 11.1 Å². The number of hydroxylamine groups is 2. The van der Waals surface area contributed by atoms with Crippen LogP contribution in [0.3, 0.4) is 0 Å². The number of carboxylic acid groups (broad SMARTS) is 1. The average Bonchev–Trinajstić information content (AvgIpc) is 2.62. The lowest BCUT2D eigenvalue weighted by molar-refractivity contribution is -0.169. The van der Waals surface area contributed by atoms with Crippen LogP contribution in [0.4, 0.5) is 0 Å². The van der Waals surface area contributed by atoms with Crippen molar-refractivity contribution in [2.75, 3.05) is 0 Å². The average molecular weight is 263 g/mol. The molecule has 0 aliphatic carbocycles. The van der Waals surface area contributed by atoms with Crippen molar-refractivity contribution in [1.82, 2.24) is 5.06 Å². The second-order valence-corrected chi connectivity index (χ2v) is 3.81. The van der Waals surface area contributed by atoms with Crippen LogP contribution in [0.5, 0.6) is 0 Å². The van der Waals surface area contributed by atoms with Crippen molar-refractivity contribution < 1.29 is 29.1 Å². The van der Waals surface area contributed by atoms with E-state index in [1.165, 1.54) is 12.1 Å². The summed E-state index contributed by atoms with van der Waals surface area (Å²) in [4.78, 5) is 49.8. The van der Waals surface area contributed by atoms with Gasteiger partial charge in [-0.3, -0.25) is 14.4 Å². The summed E-state index contributed by atoms with van der Waals surface area (Å²) in [6.07, 6.45) is -0.843. The molecule has 0 aromatic heterocycles. The Morgan fingerprint density at radius 1 is 1.05 bits per heavy atom. The largest absolute Gasteiger partial charge is 0.481 e. The molecule has 1 aromatic rings. The number of hydrogen-bond acceptors (Lipinski definition) is 5. The minimum atomic E-state index is -1.17.